The predicted molar refractivity (Wildman–Crippen MR) is 63.8 cm³/mol. The van der Waals surface area contributed by atoms with E-state index in [0.29, 0.717) is 18.7 Å². The highest BCUT2D eigenvalue weighted by Gasteiger charge is 2.31. The zero-order valence-corrected chi connectivity index (χ0v) is 10.9. The highest BCUT2D eigenvalue weighted by molar-refractivity contribution is 5.80. The monoisotopic (exact) mass is 307 g/mol. The van der Waals surface area contributed by atoms with Crippen molar-refractivity contribution in [2.75, 3.05) is 19.8 Å². The lowest BCUT2D eigenvalue weighted by Crippen LogP contribution is -2.42. The number of ether oxygens (including phenoxy) is 2. The fourth-order valence-electron chi connectivity index (χ4n) is 1.82. The van der Waals surface area contributed by atoms with Crippen molar-refractivity contribution in [3.05, 3.63) is 35.1 Å². The van der Waals surface area contributed by atoms with Crippen molar-refractivity contribution in [2.45, 2.75) is 18.8 Å². The Morgan fingerprint density at radius 3 is 2.71 bits per heavy atom. The molecular formula is C13H13F4NO3. The van der Waals surface area contributed by atoms with Crippen molar-refractivity contribution in [1.82, 2.24) is 5.32 Å². The fourth-order valence-corrected chi connectivity index (χ4v) is 1.82. The Hall–Kier alpha value is -1.67. The maximum Gasteiger partial charge on any atom is 0.416 e. The Kier molecular flexibility index (Phi) is 4.79. The van der Waals surface area contributed by atoms with Crippen LogP contribution in [0.3, 0.4) is 0 Å². The summed E-state index contributed by atoms with van der Waals surface area (Å²) in [4.78, 5) is 11.7. The first-order valence-electron chi connectivity index (χ1n) is 6.20. The Balaban J connectivity index is 2.00. The molecule has 8 heteroatoms. The van der Waals surface area contributed by atoms with Gasteiger partial charge in [0.25, 0.3) is 5.91 Å². The van der Waals surface area contributed by atoms with E-state index < -0.39 is 29.6 Å². The molecule has 1 amide bonds. The third-order valence-corrected chi connectivity index (χ3v) is 2.93. The molecule has 0 radical (unpaired) electrons. The summed E-state index contributed by atoms with van der Waals surface area (Å²) in [5.41, 5.74) is -1.21. The summed E-state index contributed by atoms with van der Waals surface area (Å²) in [6.07, 6.45) is -5.39. The van der Waals surface area contributed by atoms with Gasteiger partial charge in [-0.3, -0.25) is 4.79 Å². The van der Waals surface area contributed by atoms with E-state index in [1.165, 1.54) is 0 Å². The number of rotatable bonds is 3. The molecule has 1 aromatic rings. The number of nitrogens with one attached hydrogen (secondary N) is 1. The smallest absolute Gasteiger partial charge is 0.376 e. The van der Waals surface area contributed by atoms with Gasteiger partial charge < -0.3 is 14.8 Å². The first-order chi connectivity index (χ1) is 9.88. The molecule has 4 nitrogen and oxygen atoms in total. The van der Waals surface area contributed by atoms with Crippen LogP contribution in [0.4, 0.5) is 17.6 Å². The number of hydrogen-bond donors (Lipinski definition) is 1. The maximum absolute atomic E-state index is 13.5. The zero-order valence-electron chi connectivity index (χ0n) is 10.9. The van der Waals surface area contributed by atoms with E-state index in [1.807, 2.05) is 0 Å². The summed E-state index contributed by atoms with van der Waals surface area (Å²) in [5.74, 6) is -1.37. The topological polar surface area (TPSA) is 47.6 Å². The lowest BCUT2D eigenvalue weighted by atomic mass is 10.1. The van der Waals surface area contributed by atoms with Crippen LogP contribution in [0.15, 0.2) is 18.2 Å². The van der Waals surface area contributed by atoms with Crippen LogP contribution in [0.1, 0.15) is 11.1 Å². The van der Waals surface area contributed by atoms with E-state index in [4.69, 9.17) is 9.47 Å². The van der Waals surface area contributed by atoms with Crippen molar-refractivity contribution in [2.24, 2.45) is 0 Å². The van der Waals surface area contributed by atoms with Crippen molar-refractivity contribution in [3.63, 3.8) is 0 Å². The van der Waals surface area contributed by atoms with Crippen LogP contribution in [-0.2, 0) is 27.0 Å². The van der Waals surface area contributed by atoms with Crippen molar-refractivity contribution in [1.29, 1.82) is 0 Å². The van der Waals surface area contributed by atoms with Crippen LogP contribution in [0.2, 0.25) is 0 Å². The normalized spacial score (nSPS) is 19.3. The Morgan fingerprint density at radius 2 is 2.10 bits per heavy atom. The van der Waals surface area contributed by atoms with Gasteiger partial charge in [0.05, 0.1) is 25.4 Å². The number of hydrogen-bond acceptors (Lipinski definition) is 3. The largest absolute Gasteiger partial charge is 0.416 e. The minimum atomic E-state index is -4.56. The van der Waals surface area contributed by atoms with E-state index in [1.54, 1.807) is 0 Å². The number of carbonyl (C=O) groups excluding carboxylic acids is 1. The van der Waals surface area contributed by atoms with Crippen LogP contribution < -0.4 is 5.32 Å². The van der Waals surface area contributed by atoms with E-state index in [0.717, 1.165) is 6.07 Å². The highest BCUT2D eigenvalue weighted by atomic mass is 19.4. The molecule has 1 heterocycles. The van der Waals surface area contributed by atoms with E-state index in [2.05, 4.69) is 5.32 Å². The average Bonchev–Trinajstić information content (AvgIpc) is 2.45. The molecule has 1 saturated heterocycles. The molecule has 2 rings (SSSR count). The van der Waals surface area contributed by atoms with Crippen molar-refractivity contribution >= 4 is 5.91 Å². The number of halogens is 4. The quantitative estimate of drug-likeness (QED) is 0.867. The molecule has 1 aliphatic rings. The molecular weight excluding hydrogens is 294 g/mol. The van der Waals surface area contributed by atoms with Gasteiger partial charge in [-0.05, 0) is 18.2 Å². The van der Waals surface area contributed by atoms with Gasteiger partial charge in [0.1, 0.15) is 5.82 Å². The molecule has 0 aliphatic carbocycles. The second-order valence-corrected chi connectivity index (χ2v) is 4.46. The summed E-state index contributed by atoms with van der Waals surface area (Å²) in [6.45, 7) is 0.355. The number of amides is 1. The van der Waals surface area contributed by atoms with Gasteiger partial charge in [0.2, 0.25) is 0 Å². The molecule has 0 bridgehead atoms. The molecule has 0 spiro atoms. The third-order valence-electron chi connectivity index (χ3n) is 2.93. The highest BCUT2D eigenvalue weighted by Crippen LogP contribution is 2.30. The summed E-state index contributed by atoms with van der Waals surface area (Å²) in [6, 6.07) is 2.05. The first-order valence-corrected chi connectivity index (χ1v) is 6.20. The number of benzene rings is 1. The molecule has 1 fully saturated rings. The summed E-state index contributed by atoms with van der Waals surface area (Å²) >= 11 is 0. The Labute approximate surface area is 118 Å². The fraction of sp³-hybridized carbons (Fsp3) is 0.462. The molecule has 0 saturated carbocycles. The Bertz CT molecular complexity index is 513. The predicted octanol–water partition coefficient (Wildman–Crippen LogP) is 1.88. The van der Waals surface area contributed by atoms with Gasteiger partial charge in [-0.2, -0.15) is 13.2 Å². The van der Waals surface area contributed by atoms with Crippen LogP contribution >= 0.6 is 0 Å². The number of alkyl halides is 3. The van der Waals surface area contributed by atoms with Gasteiger partial charge in [-0.15, -0.1) is 0 Å². The maximum atomic E-state index is 13.5. The van der Waals surface area contributed by atoms with Crippen LogP contribution in [0.25, 0.3) is 0 Å². The first kappa shape index (κ1) is 15.7. The lowest BCUT2D eigenvalue weighted by molar-refractivity contribution is -0.147. The molecule has 21 heavy (non-hydrogen) atoms. The molecule has 1 atom stereocenters. The summed E-state index contributed by atoms with van der Waals surface area (Å²) in [5, 5.41) is 2.34. The van der Waals surface area contributed by atoms with Crippen molar-refractivity contribution in [3.8, 4) is 0 Å². The molecule has 1 N–H and O–H groups in total. The van der Waals surface area contributed by atoms with Gasteiger partial charge in [-0.1, -0.05) is 0 Å². The summed E-state index contributed by atoms with van der Waals surface area (Å²) in [7, 11) is 0. The minimum absolute atomic E-state index is 0.0664. The van der Waals surface area contributed by atoms with Crippen LogP contribution in [0, 0.1) is 5.82 Å². The van der Waals surface area contributed by atoms with Crippen LogP contribution in [0.5, 0.6) is 0 Å². The molecule has 1 aromatic carbocycles. The molecule has 0 unspecified atom stereocenters. The second kappa shape index (κ2) is 6.40. The van der Waals surface area contributed by atoms with Gasteiger partial charge in [0.15, 0.2) is 6.10 Å². The lowest BCUT2D eigenvalue weighted by Gasteiger charge is -2.22. The standard InChI is InChI=1S/C13H13F4NO3/c14-10-2-1-9(13(15,16)17)5-8(10)6-18-12(19)11-7-20-3-4-21-11/h1-2,5,11H,3-4,6-7H2,(H,18,19)/t11-/m1/s1. The van der Waals surface area contributed by atoms with Gasteiger partial charge in [-0.25, -0.2) is 4.39 Å². The second-order valence-electron chi connectivity index (χ2n) is 4.46. The van der Waals surface area contributed by atoms with Crippen LogP contribution in [-0.4, -0.2) is 31.8 Å². The Morgan fingerprint density at radius 1 is 1.33 bits per heavy atom. The third kappa shape index (κ3) is 4.15. The zero-order chi connectivity index (χ0) is 15.5. The number of carbonyl (C=O) groups is 1. The molecule has 116 valence electrons. The van der Waals surface area contributed by atoms with Gasteiger partial charge >= 0.3 is 6.18 Å². The summed E-state index contributed by atoms with van der Waals surface area (Å²) < 4.78 is 61.3. The SMILES string of the molecule is O=C(NCc1cc(C(F)(F)F)ccc1F)[C@H]1COCCO1. The molecule has 0 aromatic heterocycles. The van der Waals surface area contributed by atoms with Crippen molar-refractivity contribution < 1.29 is 31.8 Å². The average molecular weight is 307 g/mol. The minimum Gasteiger partial charge on any atom is -0.376 e. The molecule has 1 aliphatic heterocycles. The van der Waals surface area contributed by atoms with E-state index >= 15 is 0 Å². The van der Waals surface area contributed by atoms with E-state index in [9.17, 15) is 22.4 Å². The van der Waals surface area contributed by atoms with E-state index in [-0.39, 0.29) is 25.3 Å². The van der Waals surface area contributed by atoms with Gasteiger partial charge in [0, 0.05) is 12.1 Å².